The third-order valence-corrected chi connectivity index (χ3v) is 5.42. The maximum atomic E-state index is 6.22. The Morgan fingerprint density at radius 2 is 2.39 bits per heavy atom. The molecule has 2 atom stereocenters. The Hall–Kier alpha value is -0.640. The molecule has 2 unspecified atom stereocenters. The Kier molecular flexibility index (Phi) is 3.55. The molecule has 1 aromatic carbocycles. The molecule has 1 N–H and O–H groups in total. The SMILES string of the molecule is CCC1CCNC(c2nc3cccc(Cl)c3s2)C1. The average molecular weight is 281 g/mol. The third-order valence-electron chi connectivity index (χ3n) is 3.77. The highest BCUT2D eigenvalue weighted by molar-refractivity contribution is 7.19. The minimum absolute atomic E-state index is 0.414. The van der Waals surface area contributed by atoms with Crippen LogP contribution >= 0.6 is 22.9 Å². The summed E-state index contributed by atoms with van der Waals surface area (Å²) in [6.45, 7) is 3.38. The topological polar surface area (TPSA) is 24.9 Å². The minimum atomic E-state index is 0.414. The molecule has 0 aliphatic carbocycles. The molecule has 1 aliphatic rings. The summed E-state index contributed by atoms with van der Waals surface area (Å²) in [6, 6.07) is 6.37. The number of rotatable bonds is 2. The maximum absolute atomic E-state index is 6.22. The number of thiazole rings is 1. The number of benzene rings is 1. The van der Waals surface area contributed by atoms with E-state index in [0.29, 0.717) is 6.04 Å². The van der Waals surface area contributed by atoms with E-state index >= 15 is 0 Å². The highest BCUT2D eigenvalue weighted by Crippen LogP contribution is 2.36. The summed E-state index contributed by atoms with van der Waals surface area (Å²) < 4.78 is 1.12. The fraction of sp³-hybridized carbons (Fsp3) is 0.500. The molecule has 0 bridgehead atoms. The van der Waals surface area contributed by atoms with Crippen molar-refractivity contribution in [2.24, 2.45) is 5.92 Å². The molecule has 3 rings (SSSR count). The van der Waals surface area contributed by atoms with Crippen molar-refractivity contribution >= 4 is 33.2 Å². The Labute approximate surface area is 116 Å². The predicted molar refractivity (Wildman–Crippen MR) is 78.4 cm³/mol. The molecule has 0 saturated carbocycles. The highest BCUT2D eigenvalue weighted by atomic mass is 35.5. The van der Waals surface area contributed by atoms with Crippen LogP contribution in [0.3, 0.4) is 0 Å². The van der Waals surface area contributed by atoms with Crippen LogP contribution in [0, 0.1) is 5.92 Å². The molecule has 2 heterocycles. The number of piperidine rings is 1. The van der Waals surface area contributed by atoms with E-state index in [1.54, 1.807) is 11.3 Å². The number of aromatic nitrogens is 1. The molecule has 1 saturated heterocycles. The molecular weight excluding hydrogens is 264 g/mol. The molecule has 0 amide bonds. The maximum Gasteiger partial charge on any atom is 0.111 e. The fourth-order valence-corrected chi connectivity index (χ4v) is 3.98. The van der Waals surface area contributed by atoms with E-state index in [0.717, 1.165) is 27.7 Å². The first-order valence-corrected chi connectivity index (χ1v) is 7.75. The van der Waals surface area contributed by atoms with Crippen molar-refractivity contribution in [3.8, 4) is 0 Å². The molecule has 18 heavy (non-hydrogen) atoms. The summed E-state index contributed by atoms with van der Waals surface area (Å²) >= 11 is 7.95. The Morgan fingerprint density at radius 3 is 3.17 bits per heavy atom. The lowest BCUT2D eigenvalue weighted by Crippen LogP contribution is -2.31. The van der Waals surface area contributed by atoms with Crippen LogP contribution in [-0.2, 0) is 0 Å². The average Bonchev–Trinajstić information content (AvgIpc) is 2.84. The Morgan fingerprint density at radius 1 is 1.50 bits per heavy atom. The van der Waals surface area contributed by atoms with Crippen molar-refractivity contribution in [3.63, 3.8) is 0 Å². The molecule has 96 valence electrons. The van der Waals surface area contributed by atoms with E-state index in [1.165, 1.54) is 24.3 Å². The second kappa shape index (κ2) is 5.16. The first-order valence-electron chi connectivity index (χ1n) is 6.56. The molecule has 2 aromatic rings. The van der Waals surface area contributed by atoms with Gasteiger partial charge >= 0.3 is 0 Å². The molecule has 2 nitrogen and oxygen atoms in total. The summed E-state index contributed by atoms with van der Waals surface area (Å²) in [5, 5.41) is 5.59. The van der Waals surface area contributed by atoms with Crippen LogP contribution in [0.5, 0.6) is 0 Å². The fourth-order valence-electron chi connectivity index (χ4n) is 2.64. The predicted octanol–water partition coefficient (Wildman–Crippen LogP) is 4.40. The molecule has 4 heteroatoms. The van der Waals surface area contributed by atoms with Gasteiger partial charge in [0.15, 0.2) is 0 Å². The summed E-state index contributed by atoms with van der Waals surface area (Å²) in [6.07, 6.45) is 3.76. The van der Waals surface area contributed by atoms with Crippen LogP contribution in [0.15, 0.2) is 18.2 Å². The number of fused-ring (bicyclic) bond motifs is 1. The van der Waals surface area contributed by atoms with Gasteiger partial charge in [-0.05, 0) is 37.4 Å². The van der Waals surface area contributed by atoms with Crippen molar-refractivity contribution in [2.45, 2.75) is 32.2 Å². The van der Waals surface area contributed by atoms with Gasteiger partial charge in [0.2, 0.25) is 0 Å². The number of halogens is 1. The van der Waals surface area contributed by atoms with Crippen LogP contribution in [0.2, 0.25) is 5.02 Å². The third kappa shape index (κ3) is 2.27. The van der Waals surface area contributed by atoms with E-state index in [2.05, 4.69) is 12.2 Å². The van der Waals surface area contributed by atoms with Gasteiger partial charge in [-0.15, -0.1) is 11.3 Å². The number of hydrogen-bond acceptors (Lipinski definition) is 3. The number of hydrogen-bond donors (Lipinski definition) is 1. The molecule has 0 radical (unpaired) electrons. The first kappa shape index (κ1) is 12.4. The second-order valence-corrected chi connectivity index (χ2v) is 6.38. The largest absolute Gasteiger partial charge is 0.308 e. The lowest BCUT2D eigenvalue weighted by Gasteiger charge is -2.28. The zero-order chi connectivity index (χ0) is 12.5. The monoisotopic (exact) mass is 280 g/mol. The Bertz CT molecular complexity index is 552. The van der Waals surface area contributed by atoms with Gasteiger partial charge in [-0.25, -0.2) is 4.98 Å². The normalized spacial score (nSPS) is 24.6. The highest BCUT2D eigenvalue weighted by Gasteiger charge is 2.24. The van der Waals surface area contributed by atoms with Gasteiger partial charge in [-0.1, -0.05) is 31.0 Å². The summed E-state index contributed by atoms with van der Waals surface area (Å²) in [7, 11) is 0. The summed E-state index contributed by atoms with van der Waals surface area (Å²) in [4.78, 5) is 4.74. The summed E-state index contributed by atoms with van der Waals surface area (Å²) in [5.74, 6) is 0.832. The molecular formula is C14H17ClN2S. The van der Waals surface area contributed by atoms with Crippen molar-refractivity contribution < 1.29 is 0 Å². The molecule has 1 fully saturated rings. The van der Waals surface area contributed by atoms with Crippen molar-refractivity contribution in [3.05, 3.63) is 28.2 Å². The van der Waals surface area contributed by atoms with E-state index in [1.807, 2.05) is 18.2 Å². The summed E-state index contributed by atoms with van der Waals surface area (Å²) in [5.41, 5.74) is 1.03. The van der Waals surface area contributed by atoms with Gasteiger partial charge in [0.25, 0.3) is 0 Å². The van der Waals surface area contributed by atoms with Gasteiger partial charge in [-0.2, -0.15) is 0 Å². The quantitative estimate of drug-likeness (QED) is 0.882. The van der Waals surface area contributed by atoms with Gasteiger partial charge in [-0.3, -0.25) is 0 Å². The first-order chi connectivity index (χ1) is 8.78. The second-order valence-electron chi connectivity index (χ2n) is 4.95. The van der Waals surface area contributed by atoms with Crippen molar-refractivity contribution in [1.82, 2.24) is 10.3 Å². The van der Waals surface area contributed by atoms with E-state index in [-0.39, 0.29) is 0 Å². The number of nitrogens with one attached hydrogen (secondary N) is 1. The van der Waals surface area contributed by atoms with Gasteiger partial charge in [0.05, 0.1) is 21.3 Å². The van der Waals surface area contributed by atoms with E-state index in [9.17, 15) is 0 Å². The van der Waals surface area contributed by atoms with Crippen LogP contribution in [0.25, 0.3) is 10.2 Å². The minimum Gasteiger partial charge on any atom is -0.308 e. The van der Waals surface area contributed by atoms with E-state index in [4.69, 9.17) is 16.6 Å². The Balaban J connectivity index is 1.92. The standard InChI is InChI=1S/C14H17ClN2S/c1-2-9-6-7-16-12(8-9)14-17-11-5-3-4-10(15)13(11)18-14/h3-5,9,12,16H,2,6-8H2,1H3. The van der Waals surface area contributed by atoms with Crippen LogP contribution in [-0.4, -0.2) is 11.5 Å². The van der Waals surface area contributed by atoms with E-state index < -0.39 is 0 Å². The van der Waals surface area contributed by atoms with Gasteiger partial charge in [0.1, 0.15) is 5.01 Å². The van der Waals surface area contributed by atoms with Gasteiger partial charge < -0.3 is 5.32 Å². The van der Waals surface area contributed by atoms with Crippen LogP contribution < -0.4 is 5.32 Å². The van der Waals surface area contributed by atoms with Gasteiger partial charge in [0, 0.05) is 0 Å². The van der Waals surface area contributed by atoms with Crippen molar-refractivity contribution in [2.75, 3.05) is 6.54 Å². The van der Waals surface area contributed by atoms with Crippen LogP contribution in [0.4, 0.5) is 0 Å². The lowest BCUT2D eigenvalue weighted by molar-refractivity contribution is 0.299. The van der Waals surface area contributed by atoms with Crippen molar-refractivity contribution in [1.29, 1.82) is 0 Å². The lowest BCUT2D eigenvalue weighted by atomic mass is 9.91. The molecule has 1 aliphatic heterocycles. The smallest absolute Gasteiger partial charge is 0.111 e. The zero-order valence-electron chi connectivity index (χ0n) is 10.4. The zero-order valence-corrected chi connectivity index (χ0v) is 12.0. The molecule has 0 spiro atoms. The molecule has 1 aromatic heterocycles. The number of nitrogens with zero attached hydrogens (tertiary/aromatic N) is 1. The van der Waals surface area contributed by atoms with Crippen LogP contribution in [0.1, 0.15) is 37.2 Å².